The Hall–Kier alpha value is -1.06. The Kier molecular flexibility index (Phi) is 6.61. The topological polar surface area (TPSA) is 47.3 Å². The zero-order chi connectivity index (χ0) is 11.6. The summed E-state index contributed by atoms with van der Waals surface area (Å²) in [5.41, 5.74) is 2.81. The summed E-state index contributed by atoms with van der Waals surface area (Å²) >= 11 is 0. The van der Waals surface area contributed by atoms with Crippen molar-refractivity contribution in [2.75, 3.05) is 6.61 Å². The first-order valence-electron chi connectivity index (χ1n) is 6.00. The SMILES string of the molecule is CCCCCC(COc1ccccc1)NN. The van der Waals surface area contributed by atoms with Crippen molar-refractivity contribution in [2.45, 2.75) is 38.6 Å². The third-order valence-electron chi connectivity index (χ3n) is 2.59. The van der Waals surface area contributed by atoms with Gasteiger partial charge in [-0.3, -0.25) is 11.3 Å². The van der Waals surface area contributed by atoms with E-state index in [1.54, 1.807) is 0 Å². The molecule has 3 N–H and O–H groups in total. The van der Waals surface area contributed by atoms with E-state index in [4.69, 9.17) is 10.6 Å². The van der Waals surface area contributed by atoms with Crippen LogP contribution in [-0.4, -0.2) is 12.6 Å². The highest BCUT2D eigenvalue weighted by molar-refractivity contribution is 5.20. The average molecular weight is 222 g/mol. The van der Waals surface area contributed by atoms with Crippen LogP contribution >= 0.6 is 0 Å². The van der Waals surface area contributed by atoms with Crippen LogP contribution in [-0.2, 0) is 0 Å². The Morgan fingerprint density at radius 1 is 1.25 bits per heavy atom. The van der Waals surface area contributed by atoms with Crippen molar-refractivity contribution >= 4 is 0 Å². The second-order valence-corrected chi connectivity index (χ2v) is 3.98. The van der Waals surface area contributed by atoms with Crippen molar-refractivity contribution in [2.24, 2.45) is 5.84 Å². The zero-order valence-corrected chi connectivity index (χ0v) is 9.99. The van der Waals surface area contributed by atoms with E-state index in [-0.39, 0.29) is 6.04 Å². The molecular formula is C13H22N2O. The number of unbranched alkanes of at least 4 members (excludes halogenated alkanes) is 2. The highest BCUT2D eigenvalue weighted by Crippen LogP contribution is 2.10. The lowest BCUT2D eigenvalue weighted by Gasteiger charge is -2.16. The summed E-state index contributed by atoms with van der Waals surface area (Å²) in [7, 11) is 0. The molecule has 3 nitrogen and oxygen atoms in total. The molecule has 0 saturated heterocycles. The van der Waals surface area contributed by atoms with Gasteiger partial charge >= 0.3 is 0 Å². The first kappa shape index (κ1) is 13.0. The van der Waals surface area contributed by atoms with Gasteiger partial charge in [0, 0.05) is 0 Å². The Bertz CT molecular complexity index is 264. The Morgan fingerprint density at radius 2 is 2.00 bits per heavy atom. The van der Waals surface area contributed by atoms with Crippen LogP contribution in [0.15, 0.2) is 30.3 Å². The molecule has 0 radical (unpaired) electrons. The lowest BCUT2D eigenvalue weighted by Crippen LogP contribution is -2.39. The highest BCUT2D eigenvalue weighted by Gasteiger charge is 2.06. The quantitative estimate of drug-likeness (QED) is 0.403. The zero-order valence-electron chi connectivity index (χ0n) is 9.99. The molecule has 0 saturated carbocycles. The third kappa shape index (κ3) is 5.14. The molecule has 16 heavy (non-hydrogen) atoms. The van der Waals surface area contributed by atoms with Gasteiger partial charge in [-0.1, -0.05) is 44.4 Å². The van der Waals surface area contributed by atoms with Gasteiger partial charge in [0.15, 0.2) is 0 Å². The molecule has 0 aromatic heterocycles. The van der Waals surface area contributed by atoms with Crippen LogP contribution in [0.25, 0.3) is 0 Å². The fraction of sp³-hybridized carbons (Fsp3) is 0.538. The minimum absolute atomic E-state index is 0.242. The number of ether oxygens (including phenoxy) is 1. The van der Waals surface area contributed by atoms with Crippen molar-refractivity contribution in [1.82, 2.24) is 5.43 Å². The van der Waals surface area contributed by atoms with Crippen LogP contribution in [0.2, 0.25) is 0 Å². The van der Waals surface area contributed by atoms with Crippen LogP contribution in [0.4, 0.5) is 0 Å². The van der Waals surface area contributed by atoms with Gasteiger partial charge in [0.25, 0.3) is 0 Å². The van der Waals surface area contributed by atoms with Gasteiger partial charge in [-0.2, -0.15) is 0 Å². The van der Waals surface area contributed by atoms with E-state index >= 15 is 0 Å². The van der Waals surface area contributed by atoms with Gasteiger partial charge in [0.1, 0.15) is 12.4 Å². The number of hydrogen-bond acceptors (Lipinski definition) is 3. The number of hydrogen-bond donors (Lipinski definition) is 2. The number of nitrogens with one attached hydrogen (secondary N) is 1. The Morgan fingerprint density at radius 3 is 2.62 bits per heavy atom. The van der Waals surface area contributed by atoms with E-state index in [0.29, 0.717) is 6.61 Å². The maximum atomic E-state index is 5.65. The molecular weight excluding hydrogens is 200 g/mol. The number of nitrogens with two attached hydrogens (primary N) is 1. The molecule has 0 aliphatic heterocycles. The van der Waals surface area contributed by atoms with Crippen molar-refractivity contribution in [3.8, 4) is 5.75 Å². The van der Waals surface area contributed by atoms with Crippen LogP contribution in [0.5, 0.6) is 5.75 Å². The molecule has 0 bridgehead atoms. The Balaban J connectivity index is 2.23. The molecule has 1 unspecified atom stereocenters. The lowest BCUT2D eigenvalue weighted by molar-refractivity contribution is 0.254. The van der Waals surface area contributed by atoms with E-state index in [0.717, 1.165) is 12.2 Å². The predicted octanol–water partition coefficient (Wildman–Crippen LogP) is 2.48. The average Bonchev–Trinajstić information content (AvgIpc) is 2.35. The maximum absolute atomic E-state index is 5.65. The van der Waals surface area contributed by atoms with Gasteiger partial charge in [-0.05, 0) is 18.6 Å². The summed E-state index contributed by atoms with van der Waals surface area (Å²) < 4.78 is 5.65. The predicted molar refractivity (Wildman–Crippen MR) is 67.2 cm³/mol. The van der Waals surface area contributed by atoms with Gasteiger partial charge < -0.3 is 4.74 Å². The first-order valence-corrected chi connectivity index (χ1v) is 6.00. The van der Waals surface area contributed by atoms with Crippen LogP contribution in [0.3, 0.4) is 0 Å². The minimum atomic E-state index is 0.242. The lowest BCUT2D eigenvalue weighted by atomic mass is 10.1. The van der Waals surface area contributed by atoms with Gasteiger partial charge in [0.2, 0.25) is 0 Å². The molecule has 1 aromatic carbocycles. The Labute approximate surface area is 98.0 Å². The normalized spacial score (nSPS) is 12.4. The van der Waals surface area contributed by atoms with Crippen molar-refractivity contribution < 1.29 is 4.74 Å². The van der Waals surface area contributed by atoms with Crippen molar-refractivity contribution in [1.29, 1.82) is 0 Å². The van der Waals surface area contributed by atoms with E-state index in [9.17, 15) is 0 Å². The summed E-state index contributed by atoms with van der Waals surface area (Å²) in [6.07, 6.45) is 4.75. The number of rotatable bonds is 8. The van der Waals surface area contributed by atoms with E-state index in [1.165, 1.54) is 19.3 Å². The monoisotopic (exact) mass is 222 g/mol. The number of benzene rings is 1. The van der Waals surface area contributed by atoms with Crippen LogP contribution < -0.4 is 16.0 Å². The summed E-state index contributed by atoms with van der Waals surface area (Å²) in [5, 5.41) is 0. The van der Waals surface area contributed by atoms with E-state index in [1.807, 2.05) is 30.3 Å². The number of hydrazine groups is 1. The summed E-state index contributed by atoms with van der Waals surface area (Å²) in [4.78, 5) is 0. The van der Waals surface area contributed by atoms with Crippen molar-refractivity contribution in [3.05, 3.63) is 30.3 Å². The standard InChI is InChI=1S/C13H22N2O/c1-2-3-5-8-12(15-14)11-16-13-9-6-4-7-10-13/h4,6-7,9-10,12,15H,2-3,5,8,11,14H2,1H3. The molecule has 0 aliphatic carbocycles. The fourth-order valence-electron chi connectivity index (χ4n) is 1.57. The molecule has 0 aliphatic rings. The molecule has 90 valence electrons. The largest absolute Gasteiger partial charge is 0.492 e. The fourth-order valence-corrected chi connectivity index (χ4v) is 1.57. The van der Waals surface area contributed by atoms with E-state index < -0.39 is 0 Å². The minimum Gasteiger partial charge on any atom is -0.492 e. The molecule has 3 heteroatoms. The van der Waals surface area contributed by atoms with Gasteiger partial charge in [0.05, 0.1) is 6.04 Å². The summed E-state index contributed by atoms with van der Waals surface area (Å²) in [6, 6.07) is 10.1. The second-order valence-electron chi connectivity index (χ2n) is 3.98. The second kappa shape index (κ2) is 8.13. The van der Waals surface area contributed by atoms with Gasteiger partial charge in [-0.15, -0.1) is 0 Å². The molecule has 1 atom stereocenters. The first-order chi connectivity index (χ1) is 7.86. The molecule has 0 spiro atoms. The third-order valence-corrected chi connectivity index (χ3v) is 2.59. The van der Waals surface area contributed by atoms with Crippen LogP contribution in [0, 0.1) is 0 Å². The van der Waals surface area contributed by atoms with Crippen molar-refractivity contribution in [3.63, 3.8) is 0 Å². The highest BCUT2D eigenvalue weighted by atomic mass is 16.5. The molecule has 1 rings (SSSR count). The van der Waals surface area contributed by atoms with E-state index in [2.05, 4.69) is 12.3 Å². The smallest absolute Gasteiger partial charge is 0.119 e. The molecule has 1 aromatic rings. The number of para-hydroxylation sites is 1. The summed E-state index contributed by atoms with van der Waals surface area (Å²) in [6.45, 7) is 2.83. The molecule has 0 amide bonds. The summed E-state index contributed by atoms with van der Waals surface area (Å²) in [5.74, 6) is 6.39. The molecule has 0 fully saturated rings. The van der Waals surface area contributed by atoms with Gasteiger partial charge in [-0.25, -0.2) is 0 Å². The van der Waals surface area contributed by atoms with Crippen LogP contribution in [0.1, 0.15) is 32.6 Å². The molecule has 0 heterocycles. The maximum Gasteiger partial charge on any atom is 0.119 e.